The van der Waals surface area contributed by atoms with E-state index in [1.54, 1.807) is 0 Å². The first kappa shape index (κ1) is 27.6. The van der Waals surface area contributed by atoms with Gasteiger partial charge >= 0.3 is 6.18 Å². The molecule has 2 aromatic carbocycles. The number of carbonyl (C=O) groups excluding carboxylic acids is 1. The van der Waals surface area contributed by atoms with Crippen molar-refractivity contribution in [3.8, 4) is 0 Å². The fraction of sp³-hybridized carbons (Fsp3) is 0.350. The van der Waals surface area contributed by atoms with Crippen LogP contribution in [0.25, 0.3) is 0 Å². The summed E-state index contributed by atoms with van der Waals surface area (Å²) in [5.74, 6) is -0.445. The molecule has 18 heteroatoms. The summed E-state index contributed by atoms with van der Waals surface area (Å²) in [6, 6.07) is 6.70. The lowest BCUT2D eigenvalue weighted by molar-refractivity contribution is -0.763. The molecule has 1 fully saturated rings. The van der Waals surface area contributed by atoms with E-state index in [2.05, 4.69) is 14.9 Å². The van der Waals surface area contributed by atoms with Crippen molar-refractivity contribution in [2.24, 2.45) is 5.14 Å². The van der Waals surface area contributed by atoms with Gasteiger partial charge in [0.25, 0.3) is 11.0 Å². The summed E-state index contributed by atoms with van der Waals surface area (Å²) < 4.78 is 92.6. The lowest BCUT2D eigenvalue weighted by Gasteiger charge is -2.45. The molecule has 2 heterocycles. The van der Waals surface area contributed by atoms with E-state index in [4.69, 9.17) is 5.14 Å². The monoisotopic (exact) mass is 579 g/mol. The minimum absolute atomic E-state index is 0.000697. The molecule has 0 unspecified atom stereocenters. The number of hydrogen-bond acceptors (Lipinski definition) is 9. The van der Waals surface area contributed by atoms with E-state index in [0.29, 0.717) is 17.7 Å². The fourth-order valence-corrected chi connectivity index (χ4v) is 6.75. The first-order valence-electron chi connectivity index (χ1n) is 10.8. The van der Waals surface area contributed by atoms with Gasteiger partial charge < -0.3 is 15.1 Å². The average molecular weight is 580 g/mol. The summed E-state index contributed by atoms with van der Waals surface area (Å²) in [6.45, 7) is -0.364. The van der Waals surface area contributed by atoms with Gasteiger partial charge in [-0.05, 0) is 29.8 Å². The number of rotatable bonds is 5. The van der Waals surface area contributed by atoms with Crippen LogP contribution in [-0.2, 0) is 37.7 Å². The van der Waals surface area contributed by atoms with Crippen molar-refractivity contribution < 1.29 is 44.7 Å². The highest BCUT2D eigenvalue weighted by Gasteiger charge is 2.46. The SMILES string of the molecule is NS(=O)(=O)c1cc2c(cc1C(F)(F)F)NC1(CCN(C(=O)c3cccc(CO[N+](=O)[O-])c3)CC1)NS2(=O)=O. The Morgan fingerprint density at radius 1 is 1.21 bits per heavy atom. The molecular weight excluding hydrogens is 559 g/mol. The van der Waals surface area contributed by atoms with Crippen molar-refractivity contribution in [1.29, 1.82) is 0 Å². The van der Waals surface area contributed by atoms with Crippen LogP contribution >= 0.6 is 0 Å². The van der Waals surface area contributed by atoms with Crippen LogP contribution in [0.4, 0.5) is 18.9 Å². The number of fused-ring (bicyclic) bond motifs is 1. The molecule has 0 bridgehead atoms. The number of nitrogens with one attached hydrogen (secondary N) is 2. The molecule has 206 valence electrons. The number of benzene rings is 2. The Morgan fingerprint density at radius 3 is 2.45 bits per heavy atom. The van der Waals surface area contributed by atoms with Crippen molar-refractivity contribution in [2.75, 3.05) is 18.4 Å². The molecule has 1 saturated heterocycles. The topological polar surface area (TPSA) is 191 Å². The Hall–Kier alpha value is -3.48. The van der Waals surface area contributed by atoms with Gasteiger partial charge in [0, 0.05) is 31.5 Å². The van der Waals surface area contributed by atoms with Gasteiger partial charge in [-0.2, -0.15) is 17.9 Å². The maximum absolute atomic E-state index is 13.6. The second kappa shape index (κ2) is 9.37. The quantitative estimate of drug-likeness (QED) is 0.347. The normalized spacial score (nSPS) is 18.4. The number of likely N-dealkylation sites (tertiary alicyclic amines) is 1. The van der Waals surface area contributed by atoms with Crippen LogP contribution in [0.2, 0.25) is 0 Å². The number of amides is 1. The Balaban J connectivity index is 1.58. The second-order valence-electron chi connectivity index (χ2n) is 8.69. The number of alkyl halides is 3. The van der Waals surface area contributed by atoms with E-state index < -0.39 is 63.9 Å². The maximum Gasteiger partial charge on any atom is 0.417 e. The summed E-state index contributed by atoms with van der Waals surface area (Å²) in [7, 11) is -9.39. The van der Waals surface area contributed by atoms with Crippen molar-refractivity contribution >= 4 is 31.6 Å². The van der Waals surface area contributed by atoms with Crippen LogP contribution in [0.15, 0.2) is 46.2 Å². The Labute approximate surface area is 213 Å². The molecule has 0 aliphatic carbocycles. The Kier molecular flexibility index (Phi) is 6.79. The highest BCUT2D eigenvalue weighted by atomic mass is 32.2. The molecule has 0 aromatic heterocycles. The van der Waals surface area contributed by atoms with Gasteiger partial charge in [-0.3, -0.25) is 4.79 Å². The minimum Gasteiger partial charge on any atom is -0.365 e. The van der Waals surface area contributed by atoms with Crippen LogP contribution in [0.1, 0.15) is 34.3 Å². The van der Waals surface area contributed by atoms with Crippen molar-refractivity contribution in [1.82, 2.24) is 9.62 Å². The smallest absolute Gasteiger partial charge is 0.365 e. The predicted octanol–water partition coefficient (Wildman–Crippen LogP) is 1.40. The molecule has 13 nitrogen and oxygen atoms in total. The number of primary sulfonamides is 1. The first-order chi connectivity index (χ1) is 17.5. The van der Waals surface area contributed by atoms with E-state index >= 15 is 0 Å². The number of nitrogens with two attached hydrogens (primary N) is 1. The molecule has 38 heavy (non-hydrogen) atoms. The molecule has 2 aromatic rings. The second-order valence-corrected chi connectivity index (χ2v) is 11.9. The number of sulfonamides is 2. The number of carbonyl (C=O) groups is 1. The summed E-state index contributed by atoms with van der Waals surface area (Å²) in [5, 5.41) is 17.1. The summed E-state index contributed by atoms with van der Waals surface area (Å²) in [6.07, 6.45) is -5.23. The van der Waals surface area contributed by atoms with Gasteiger partial charge in [-0.1, -0.05) is 12.1 Å². The number of nitrogens with zero attached hydrogens (tertiary/aromatic N) is 2. The lowest BCUT2D eigenvalue weighted by atomic mass is 9.96. The Morgan fingerprint density at radius 2 is 1.87 bits per heavy atom. The van der Waals surface area contributed by atoms with Crippen LogP contribution in [0.5, 0.6) is 0 Å². The molecule has 0 atom stereocenters. The molecule has 2 aliphatic heterocycles. The summed E-state index contributed by atoms with van der Waals surface area (Å²) in [5.41, 5.74) is -2.94. The van der Waals surface area contributed by atoms with E-state index in [9.17, 15) is 44.9 Å². The zero-order valence-electron chi connectivity index (χ0n) is 19.2. The molecule has 2 aliphatic rings. The highest BCUT2D eigenvalue weighted by molar-refractivity contribution is 7.90. The van der Waals surface area contributed by atoms with E-state index in [-0.39, 0.29) is 38.1 Å². The van der Waals surface area contributed by atoms with Gasteiger partial charge in [0.2, 0.25) is 20.0 Å². The van der Waals surface area contributed by atoms with Gasteiger partial charge in [0.05, 0.1) is 16.1 Å². The van der Waals surface area contributed by atoms with Gasteiger partial charge in [0.1, 0.15) is 17.2 Å². The molecule has 4 N–H and O–H groups in total. The van der Waals surface area contributed by atoms with Gasteiger partial charge in [-0.25, -0.2) is 22.0 Å². The molecule has 1 amide bonds. The summed E-state index contributed by atoms with van der Waals surface area (Å²) in [4.78, 5) is 27.0. The van der Waals surface area contributed by atoms with Crippen LogP contribution in [0, 0.1) is 10.1 Å². The third-order valence-corrected chi connectivity index (χ3v) is 8.63. The average Bonchev–Trinajstić information content (AvgIpc) is 2.80. The van der Waals surface area contributed by atoms with Crippen LogP contribution < -0.4 is 15.2 Å². The van der Waals surface area contributed by atoms with Crippen LogP contribution in [0.3, 0.4) is 0 Å². The molecular formula is C20H20F3N5O8S2. The van der Waals surface area contributed by atoms with Crippen LogP contribution in [-0.4, -0.2) is 51.5 Å². The Bertz CT molecular complexity index is 1520. The number of anilines is 1. The molecule has 1 spiro atoms. The number of halogens is 3. The van der Waals surface area contributed by atoms with E-state index in [1.165, 1.54) is 29.2 Å². The maximum atomic E-state index is 13.6. The lowest BCUT2D eigenvalue weighted by Crippen LogP contribution is -2.62. The van der Waals surface area contributed by atoms with Crippen molar-refractivity contribution in [3.05, 3.63) is 63.2 Å². The predicted molar refractivity (Wildman–Crippen MR) is 123 cm³/mol. The van der Waals surface area contributed by atoms with Gasteiger partial charge in [-0.15, -0.1) is 10.1 Å². The molecule has 0 saturated carbocycles. The zero-order chi connectivity index (χ0) is 28.1. The minimum atomic E-state index is -5.14. The number of piperidine rings is 1. The molecule has 4 rings (SSSR count). The van der Waals surface area contributed by atoms with Crippen molar-refractivity contribution in [2.45, 2.75) is 41.1 Å². The zero-order valence-corrected chi connectivity index (χ0v) is 20.8. The van der Waals surface area contributed by atoms with Gasteiger partial charge in [0.15, 0.2) is 0 Å². The fourth-order valence-electron chi connectivity index (χ4n) is 4.36. The largest absolute Gasteiger partial charge is 0.417 e. The number of hydrogen-bond donors (Lipinski definition) is 3. The standard InChI is InChI=1S/C20H20F3N5O8S2/c21-20(22,23)14-9-15-17(10-16(14)37(24,32)33)38(34,35)26-19(25-15)4-6-27(7-5-19)18(29)13-3-1-2-12(8-13)11-36-28(30)31/h1-3,8-10,25-26H,4-7,11H2,(H2,24,32,33). The first-order valence-corrected chi connectivity index (χ1v) is 13.8. The third kappa shape index (κ3) is 5.52. The summed E-state index contributed by atoms with van der Waals surface area (Å²) >= 11 is 0. The van der Waals surface area contributed by atoms with Crippen molar-refractivity contribution in [3.63, 3.8) is 0 Å². The highest BCUT2D eigenvalue weighted by Crippen LogP contribution is 2.42. The van der Waals surface area contributed by atoms with E-state index in [1.807, 2.05) is 0 Å². The van der Waals surface area contributed by atoms with E-state index in [0.717, 1.165) is 0 Å². The molecule has 0 radical (unpaired) electrons. The third-order valence-electron chi connectivity index (χ3n) is 6.10.